The number of nitrogens with zero attached hydrogens (tertiary/aromatic N) is 3. The maximum atomic E-state index is 11.2. The normalized spacial score (nSPS) is 27.5. The number of azide groups is 1. The molecule has 1 rings (SSSR count). The zero-order valence-electron chi connectivity index (χ0n) is 8.73. The van der Waals surface area contributed by atoms with Crippen LogP contribution in [0.15, 0.2) is 5.11 Å². The molecule has 6 heteroatoms. The van der Waals surface area contributed by atoms with Gasteiger partial charge < -0.3 is 4.43 Å². The van der Waals surface area contributed by atoms with Gasteiger partial charge in [-0.05, 0) is 25.2 Å². The molecule has 1 fully saturated rings. The van der Waals surface area contributed by atoms with E-state index >= 15 is 0 Å². The van der Waals surface area contributed by atoms with E-state index < -0.39 is 8.32 Å². The predicted molar refractivity (Wildman–Crippen MR) is 55.4 cm³/mol. The van der Waals surface area contributed by atoms with Gasteiger partial charge in [0.2, 0.25) is 0 Å². The summed E-state index contributed by atoms with van der Waals surface area (Å²) in [5.41, 5.74) is 8.33. The van der Waals surface area contributed by atoms with Gasteiger partial charge in [-0.2, -0.15) is 0 Å². The predicted octanol–water partition coefficient (Wildman–Crippen LogP) is 2.25. The first-order chi connectivity index (χ1) is 6.42. The molecule has 78 valence electrons. The number of carbonyl (C=O) groups is 1. The van der Waals surface area contributed by atoms with Gasteiger partial charge in [-0.15, -0.1) is 0 Å². The number of hydrogen-bond donors (Lipinski definition) is 0. The molecule has 0 saturated heterocycles. The first-order valence-corrected chi connectivity index (χ1v) is 8.07. The van der Waals surface area contributed by atoms with Crippen molar-refractivity contribution in [2.45, 2.75) is 44.6 Å². The summed E-state index contributed by atoms with van der Waals surface area (Å²) in [7, 11) is -1.66. The first-order valence-electron chi connectivity index (χ1n) is 4.66. The van der Waals surface area contributed by atoms with Crippen LogP contribution in [0, 0.1) is 0 Å². The standard InChI is InChI=1S/C8H15N3O2Si/c1-14(2,3)13-8-5-6(12)4-7(8)10-11-9/h7-8H,4-5H2,1-3H3/t7-,8-/m1/s1. The molecule has 0 amide bonds. The molecule has 0 heterocycles. The maximum absolute atomic E-state index is 11.2. The monoisotopic (exact) mass is 213 g/mol. The molecule has 5 nitrogen and oxygen atoms in total. The highest BCUT2D eigenvalue weighted by atomic mass is 28.4. The highest BCUT2D eigenvalue weighted by Crippen LogP contribution is 2.25. The van der Waals surface area contributed by atoms with Crippen molar-refractivity contribution in [3.8, 4) is 0 Å². The van der Waals surface area contributed by atoms with Gasteiger partial charge in [-0.25, -0.2) is 0 Å². The van der Waals surface area contributed by atoms with Crippen LogP contribution < -0.4 is 0 Å². The maximum Gasteiger partial charge on any atom is 0.184 e. The van der Waals surface area contributed by atoms with Gasteiger partial charge in [0.15, 0.2) is 8.32 Å². The van der Waals surface area contributed by atoms with E-state index in [9.17, 15) is 4.79 Å². The Labute approximate surface area is 84.2 Å². The molecule has 1 saturated carbocycles. The highest BCUT2D eigenvalue weighted by Gasteiger charge is 2.35. The van der Waals surface area contributed by atoms with Crippen LogP contribution in [0.4, 0.5) is 0 Å². The van der Waals surface area contributed by atoms with E-state index in [2.05, 4.69) is 29.7 Å². The Morgan fingerprint density at radius 3 is 2.64 bits per heavy atom. The third-order valence-electron chi connectivity index (χ3n) is 2.00. The molecular formula is C8H15N3O2Si. The summed E-state index contributed by atoms with van der Waals surface area (Å²) < 4.78 is 5.79. The number of hydrogen-bond acceptors (Lipinski definition) is 3. The van der Waals surface area contributed by atoms with E-state index in [-0.39, 0.29) is 17.9 Å². The van der Waals surface area contributed by atoms with E-state index in [1.807, 2.05) is 0 Å². The van der Waals surface area contributed by atoms with Crippen LogP contribution in [0.3, 0.4) is 0 Å². The minimum Gasteiger partial charge on any atom is -0.414 e. The molecule has 0 bridgehead atoms. The molecule has 0 aromatic carbocycles. The van der Waals surface area contributed by atoms with E-state index in [1.165, 1.54) is 0 Å². The van der Waals surface area contributed by atoms with Crippen molar-refractivity contribution >= 4 is 14.1 Å². The van der Waals surface area contributed by atoms with E-state index in [1.54, 1.807) is 0 Å². The van der Waals surface area contributed by atoms with Gasteiger partial charge in [0.05, 0.1) is 12.1 Å². The molecule has 0 aromatic heterocycles. The first kappa shape index (κ1) is 11.2. The van der Waals surface area contributed by atoms with E-state index in [0.717, 1.165) is 0 Å². The quantitative estimate of drug-likeness (QED) is 0.312. The lowest BCUT2D eigenvalue weighted by molar-refractivity contribution is -0.117. The minimum atomic E-state index is -1.66. The van der Waals surface area contributed by atoms with E-state index in [0.29, 0.717) is 12.8 Å². The highest BCUT2D eigenvalue weighted by molar-refractivity contribution is 6.69. The number of Topliss-reactive ketones (excluding diaryl/α,β-unsaturated/α-hetero) is 1. The van der Waals surface area contributed by atoms with E-state index in [4.69, 9.17) is 9.96 Å². The summed E-state index contributed by atoms with van der Waals surface area (Å²) >= 11 is 0. The summed E-state index contributed by atoms with van der Waals surface area (Å²) in [5.74, 6) is 0.130. The Kier molecular flexibility index (Phi) is 3.31. The van der Waals surface area contributed by atoms with Crippen molar-refractivity contribution in [2.24, 2.45) is 5.11 Å². The molecule has 14 heavy (non-hydrogen) atoms. The Morgan fingerprint density at radius 1 is 1.50 bits per heavy atom. The largest absolute Gasteiger partial charge is 0.414 e. The SMILES string of the molecule is C[Si](C)(C)O[C@@H]1CC(=O)C[C@H]1N=[N+]=[N-]. The lowest BCUT2D eigenvalue weighted by Crippen LogP contribution is -2.35. The summed E-state index contributed by atoms with van der Waals surface area (Å²) in [5, 5.41) is 3.60. The van der Waals surface area contributed by atoms with Gasteiger partial charge in [0, 0.05) is 17.8 Å². The van der Waals surface area contributed by atoms with Crippen LogP contribution in [0.1, 0.15) is 12.8 Å². The van der Waals surface area contributed by atoms with Crippen LogP contribution in [-0.4, -0.2) is 26.2 Å². The average Bonchev–Trinajstić information content (AvgIpc) is 2.28. The van der Waals surface area contributed by atoms with Crippen molar-refractivity contribution in [2.75, 3.05) is 0 Å². The Balaban J connectivity index is 2.67. The van der Waals surface area contributed by atoms with Crippen molar-refractivity contribution < 1.29 is 9.22 Å². The van der Waals surface area contributed by atoms with Crippen LogP contribution >= 0.6 is 0 Å². The third kappa shape index (κ3) is 3.14. The zero-order chi connectivity index (χ0) is 10.8. The number of carbonyl (C=O) groups excluding carboxylic acids is 1. The molecule has 0 aliphatic heterocycles. The molecule has 2 atom stereocenters. The van der Waals surface area contributed by atoms with Gasteiger partial charge >= 0.3 is 0 Å². The second kappa shape index (κ2) is 4.12. The fraction of sp³-hybridized carbons (Fsp3) is 0.875. The lowest BCUT2D eigenvalue weighted by Gasteiger charge is -2.25. The fourth-order valence-electron chi connectivity index (χ4n) is 1.56. The van der Waals surface area contributed by atoms with Crippen LogP contribution in [-0.2, 0) is 9.22 Å². The van der Waals surface area contributed by atoms with Crippen LogP contribution in [0.2, 0.25) is 19.6 Å². The van der Waals surface area contributed by atoms with Gasteiger partial charge in [0.1, 0.15) is 5.78 Å². The van der Waals surface area contributed by atoms with Crippen LogP contribution in [0.5, 0.6) is 0 Å². The van der Waals surface area contributed by atoms with Gasteiger partial charge in [-0.3, -0.25) is 4.79 Å². The summed E-state index contributed by atoms with van der Waals surface area (Å²) in [6, 6.07) is -0.292. The molecular weight excluding hydrogens is 198 g/mol. The van der Waals surface area contributed by atoms with Crippen molar-refractivity contribution in [1.82, 2.24) is 0 Å². The van der Waals surface area contributed by atoms with Crippen molar-refractivity contribution in [3.63, 3.8) is 0 Å². The van der Waals surface area contributed by atoms with Gasteiger partial charge in [0.25, 0.3) is 0 Å². The molecule has 1 aliphatic rings. The van der Waals surface area contributed by atoms with Crippen molar-refractivity contribution in [1.29, 1.82) is 0 Å². The molecule has 0 spiro atoms. The summed E-state index contributed by atoms with van der Waals surface area (Å²) in [6.45, 7) is 6.18. The summed E-state index contributed by atoms with van der Waals surface area (Å²) in [4.78, 5) is 13.9. The smallest absolute Gasteiger partial charge is 0.184 e. The Bertz CT molecular complexity index is 281. The molecule has 0 radical (unpaired) electrons. The lowest BCUT2D eigenvalue weighted by atomic mass is 10.2. The topological polar surface area (TPSA) is 75.1 Å². The molecule has 0 unspecified atom stereocenters. The molecule has 1 aliphatic carbocycles. The second-order valence-corrected chi connectivity index (χ2v) is 8.95. The average molecular weight is 213 g/mol. The molecule has 0 N–H and O–H groups in total. The van der Waals surface area contributed by atoms with Gasteiger partial charge in [-0.1, -0.05) is 5.11 Å². The second-order valence-electron chi connectivity index (χ2n) is 4.49. The summed E-state index contributed by atoms with van der Waals surface area (Å²) in [6.07, 6.45) is 0.540. The van der Waals surface area contributed by atoms with Crippen molar-refractivity contribution in [3.05, 3.63) is 10.4 Å². The minimum absolute atomic E-state index is 0.130. The zero-order valence-corrected chi connectivity index (χ0v) is 9.73. The Morgan fingerprint density at radius 2 is 2.14 bits per heavy atom. The Hall–Kier alpha value is -0.843. The fourth-order valence-corrected chi connectivity index (χ4v) is 2.71. The molecule has 0 aromatic rings. The third-order valence-corrected chi connectivity index (χ3v) is 3.01. The number of rotatable bonds is 3. The number of ketones is 1. The van der Waals surface area contributed by atoms with Crippen LogP contribution in [0.25, 0.3) is 10.4 Å².